The first-order valence-electron chi connectivity index (χ1n) is 3.90. The molecule has 1 aromatic rings. The average Bonchev–Trinajstić information content (AvgIpc) is 2.16. The Labute approximate surface area is 80.3 Å². The second-order valence-electron chi connectivity index (χ2n) is 2.81. The van der Waals surface area contributed by atoms with E-state index in [1.54, 1.807) is 0 Å². The molecular formula is C9H10N2O3. The summed E-state index contributed by atoms with van der Waals surface area (Å²) in [5.41, 5.74) is 11.0. The summed E-state index contributed by atoms with van der Waals surface area (Å²) in [5, 5.41) is 8.62. The molecule has 0 bridgehead atoms. The van der Waals surface area contributed by atoms with Gasteiger partial charge in [-0.25, -0.2) is 0 Å². The maximum atomic E-state index is 10.8. The van der Waals surface area contributed by atoms with Crippen molar-refractivity contribution in [1.82, 2.24) is 0 Å². The van der Waals surface area contributed by atoms with E-state index in [9.17, 15) is 9.59 Å². The van der Waals surface area contributed by atoms with E-state index in [-0.39, 0.29) is 5.56 Å². The summed E-state index contributed by atoms with van der Waals surface area (Å²) >= 11 is 0. The topological polar surface area (TPSA) is 106 Å². The summed E-state index contributed by atoms with van der Waals surface area (Å²) in [7, 11) is 0. The lowest BCUT2D eigenvalue weighted by molar-refractivity contribution is -0.138. The number of carbonyl (C=O) groups excluding carboxylic acids is 1. The van der Waals surface area contributed by atoms with Crippen LogP contribution in [0, 0.1) is 0 Å². The standard InChI is InChI=1S/C9H10N2O3/c10-7(9(13)14)5-2-1-3-6(4-5)8(11)12/h1-4,7H,10H2,(H2,11,12)(H,13,14). The largest absolute Gasteiger partial charge is 0.480 e. The SMILES string of the molecule is NC(=O)c1cccc(C(N)C(=O)O)c1. The van der Waals surface area contributed by atoms with E-state index in [1.165, 1.54) is 24.3 Å². The molecule has 1 unspecified atom stereocenters. The summed E-state index contributed by atoms with van der Waals surface area (Å²) in [4.78, 5) is 21.3. The number of carbonyl (C=O) groups is 2. The molecule has 5 heteroatoms. The van der Waals surface area contributed by atoms with Crippen molar-refractivity contribution in [3.05, 3.63) is 35.4 Å². The van der Waals surface area contributed by atoms with E-state index in [0.717, 1.165) is 0 Å². The number of aliphatic carboxylic acids is 1. The zero-order chi connectivity index (χ0) is 10.7. The molecule has 0 spiro atoms. The number of nitrogens with two attached hydrogens (primary N) is 2. The summed E-state index contributed by atoms with van der Waals surface area (Å²) in [6.45, 7) is 0. The molecule has 0 aliphatic carbocycles. The highest BCUT2D eigenvalue weighted by molar-refractivity contribution is 5.93. The van der Waals surface area contributed by atoms with Crippen LogP contribution in [-0.4, -0.2) is 17.0 Å². The maximum Gasteiger partial charge on any atom is 0.325 e. The Balaban J connectivity index is 3.05. The van der Waals surface area contributed by atoms with Crippen molar-refractivity contribution in [3.8, 4) is 0 Å². The van der Waals surface area contributed by atoms with Gasteiger partial charge in [0.25, 0.3) is 0 Å². The van der Waals surface area contributed by atoms with Crippen molar-refractivity contribution in [2.24, 2.45) is 11.5 Å². The molecule has 74 valence electrons. The second kappa shape index (κ2) is 3.89. The summed E-state index contributed by atoms with van der Waals surface area (Å²) < 4.78 is 0. The number of hydrogen-bond donors (Lipinski definition) is 3. The molecule has 0 aliphatic rings. The first-order valence-corrected chi connectivity index (χ1v) is 3.90. The third kappa shape index (κ3) is 2.08. The number of benzene rings is 1. The van der Waals surface area contributed by atoms with Crippen molar-refractivity contribution in [2.75, 3.05) is 0 Å². The summed E-state index contributed by atoms with van der Waals surface area (Å²) in [6.07, 6.45) is 0. The van der Waals surface area contributed by atoms with Gasteiger partial charge in [-0.1, -0.05) is 12.1 Å². The Kier molecular flexibility index (Phi) is 2.83. The van der Waals surface area contributed by atoms with Gasteiger partial charge in [0.05, 0.1) is 0 Å². The minimum Gasteiger partial charge on any atom is -0.480 e. The van der Waals surface area contributed by atoms with Crippen LogP contribution in [-0.2, 0) is 4.79 Å². The van der Waals surface area contributed by atoms with Crippen LogP contribution in [0.25, 0.3) is 0 Å². The molecular weight excluding hydrogens is 184 g/mol. The average molecular weight is 194 g/mol. The summed E-state index contributed by atoms with van der Waals surface area (Å²) in [6, 6.07) is 4.82. The number of amides is 1. The molecule has 1 rings (SSSR count). The first-order chi connectivity index (χ1) is 6.52. The van der Waals surface area contributed by atoms with E-state index in [0.29, 0.717) is 5.56 Å². The van der Waals surface area contributed by atoms with Gasteiger partial charge in [0.1, 0.15) is 6.04 Å². The van der Waals surface area contributed by atoms with Gasteiger partial charge in [-0.15, -0.1) is 0 Å². The van der Waals surface area contributed by atoms with E-state index in [1.807, 2.05) is 0 Å². The molecule has 0 aromatic heterocycles. The molecule has 14 heavy (non-hydrogen) atoms. The van der Waals surface area contributed by atoms with E-state index < -0.39 is 17.9 Å². The monoisotopic (exact) mass is 194 g/mol. The molecule has 0 aliphatic heterocycles. The quantitative estimate of drug-likeness (QED) is 0.623. The molecule has 5 nitrogen and oxygen atoms in total. The fourth-order valence-electron chi connectivity index (χ4n) is 1.03. The van der Waals surface area contributed by atoms with Crippen LogP contribution >= 0.6 is 0 Å². The van der Waals surface area contributed by atoms with E-state index in [4.69, 9.17) is 16.6 Å². The van der Waals surface area contributed by atoms with Gasteiger partial charge in [0.2, 0.25) is 5.91 Å². The van der Waals surface area contributed by atoms with Gasteiger partial charge in [0, 0.05) is 5.56 Å². The first kappa shape index (κ1) is 10.2. The van der Waals surface area contributed by atoms with Crippen molar-refractivity contribution >= 4 is 11.9 Å². The van der Waals surface area contributed by atoms with E-state index in [2.05, 4.69) is 0 Å². The fourth-order valence-corrected chi connectivity index (χ4v) is 1.03. The predicted octanol–water partition coefficient (Wildman–Crippen LogP) is -0.130. The summed E-state index contributed by atoms with van der Waals surface area (Å²) in [5.74, 6) is -1.75. The number of carboxylic acid groups (broad SMARTS) is 1. The zero-order valence-electron chi connectivity index (χ0n) is 7.31. The van der Waals surface area contributed by atoms with Crippen LogP contribution in [0.4, 0.5) is 0 Å². The lowest BCUT2D eigenvalue weighted by Gasteiger charge is -2.06. The molecule has 5 N–H and O–H groups in total. The van der Waals surface area contributed by atoms with Gasteiger partial charge in [-0.2, -0.15) is 0 Å². The maximum absolute atomic E-state index is 10.8. The Morgan fingerprint density at radius 3 is 2.50 bits per heavy atom. The van der Waals surface area contributed by atoms with Crippen molar-refractivity contribution < 1.29 is 14.7 Å². The zero-order valence-corrected chi connectivity index (χ0v) is 7.31. The molecule has 0 saturated carbocycles. The van der Waals surface area contributed by atoms with Crippen LogP contribution in [0.2, 0.25) is 0 Å². The van der Waals surface area contributed by atoms with Crippen LogP contribution < -0.4 is 11.5 Å². The van der Waals surface area contributed by atoms with Gasteiger partial charge in [-0.05, 0) is 17.7 Å². The van der Waals surface area contributed by atoms with Gasteiger partial charge < -0.3 is 16.6 Å². The van der Waals surface area contributed by atoms with Gasteiger partial charge in [-0.3, -0.25) is 9.59 Å². The molecule has 0 saturated heterocycles. The second-order valence-corrected chi connectivity index (χ2v) is 2.81. The number of carboxylic acids is 1. The predicted molar refractivity (Wildman–Crippen MR) is 49.5 cm³/mol. The Morgan fingerprint density at radius 2 is 2.00 bits per heavy atom. The molecule has 1 atom stereocenters. The highest BCUT2D eigenvalue weighted by atomic mass is 16.4. The molecule has 0 heterocycles. The normalized spacial score (nSPS) is 12.1. The van der Waals surface area contributed by atoms with Crippen molar-refractivity contribution in [1.29, 1.82) is 0 Å². The van der Waals surface area contributed by atoms with Crippen LogP contribution in [0.5, 0.6) is 0 Å². The minimum atomic E-state index is -1.15. The third-order valence-corrected chi connectivity index (χ3v) is 1.80. The minimum absolute atomic E-state index is 0.249. The Morgan fingerprint density at radius 1 is 1.36 bits per heavy atom. The van der Waals surface area contributed by atoms with Gasteiger partial charge >= 0.3 is 5.97 Å². The van der Waals surface area contributed by atoms with Crippen molar-refractivity contribution in [3.63, 3.8) is 0 Å². The van der Waals surface area contributed by atoms with E-state index >= 15 is 0 Å². The Bertz CT molecular complexity index is 376. The third-order valence-electron chi connectivity index (χ3n) is 1.80. The van der Waals surface area contributed by atoms with Gasteiger partial charge in [0.15, 0.2) is 0 Å². The lowest BCUT2D eigenvalue weighted by atomic mass is 10.0. The Hall–Kier alpha value is -1.88. The van der Waals surface area contributed by atoms with Crippen LogP contribution in [0.15, 0.2) is 24.3 Å². The van der Waals surface area contributed by atoms with Crippen LogP contribution in [0.1, 0.15) is 22.0 Å². The molecule has 0 fully saturated rings. The molecule has 1 amide bonds. The number of rotatable bonds is 3. The highest BCUT2D eigenvalue weighted by Crippen LogP contribution is 2.12. The van der Waals surface area contributed by atoms with Crippen LogP contribution in [0.3, 0.4) is 0 Å². The number of hydrogen-bond acceptors (Lipinski definition) is 3. The smallest absolute Gasteiger partial charge is 0.325 e. The fraction of sp³-hybridized carbons (Fsp3) is 0.111. The lowest BCUT2D eigenvalue weighted by Crippen LogP contribution is -2.21. The molecule has 0 radical (unpaired) electrons. The highest BCUT2D eigenvalue weighted by Gasteiger charge is 2.14. The molecule has 1 aromatic carbocycles. The number of primary amides is 1. The van der Waals surface area contributed by atoms with Crippen molar-refractivity contribution in [2.45, 2.75) is 6.04 Å².